The minimum Gasteiger partial charge on any atom is -0.481 e. The lowest BCUT2D eigenvalue weighted by atomic mass is 10.0. The monoisotopic (exact) mass is 318 g/mol. The van der Waals surface area contributed by atoms with Crippen molar-refractivity contribution < 1.29 is 14.7 Å². The highest BCUT2D eigenvalue weighted by Crippen LogP contribution is 2.21. The zero-order valence-corrected chi connectivity index (χ0v) is 13.8. The first-order valence-electron chi connectivity index (χ1n) is 8.43. The summed E-state index contributed by atoms with van der Waals surface area (Å²) in [6, 6.07) is 8.09. The van der Waals surface area contributed by atoms with Crippen LogP contribution in [0.1, 0.15) is 49.4 Å². The first kappa shape index (κ1) is 17.5. The summed E-state index contributed by atoms with van der Waals surface area (Å²) in [7, 11) is 0. The molecule has 0 unspecified atom stereocenters. The Labute approximate surface area is 137 Å². The van der Waals surface area contributed by atoms with Crippen molar-refractivity contribution in [1.82, 2.24) is 4.90 Å². The van der Waals surface area contributed by atoms with Gasteiger partial charge in [0.05, 0.1) is 0 Å². The van der Waals surface area contributed by atoms with Gasteiger partial charge in [0, 0.05) is 43.2 Å². The van der Waals surface area contributed by atoms with Gasteiger partial charge in [-0.1, -0.05) is 19.1 Å². The zero-order chi connectivity index (χ0) is 16.7. The third kappa shape index (κ3) is 5.36. The van der Waals surface area contributed by atoms with Crippen molar-refractivity contribution in [2.45, 2.75) is 45.1 Å². The Morgan fingerprint density at radius 3 is 2.61 bits per heavy atom. The molecule has 2 N–H and O–H groups in total. The number of carbonyl (C=O) groups is 2. The molecule has 23 heavy (non-hydrogen) atoms. The fourth-order valence-corrected chi connectivity index (χ4v) is 3.02. The molecular formula is C18H26N2O3. The summed E-state index contributed by atoms with van der Waals surface area (Å²) >= 11 is 0. The number of Topliss-reactive ketones (excluding diaryl/α,β-unsaturated/α-hetero) is 1. The SMILES string of the molecule is CCC(=O)c1ccccc1NC1CCN(CCCC(=O)O)CC1. The summed E-state index contributed by atoms with van der Waals surface area (Å²) in [5.41, 5.74) is 1.71. The second-order valence-electron chi connectivity index (χ2n) is 6.08. The number of carboxylic acid groups (broad SMARTS) is 1. The Morgan fingerprint density at radius 1 is 1.26 bits per heavy atom. The van der Waals surface area contributed by atoms with Gasteiger partial charge in [-0.3, -0.25) is 9.59 Å². The quantitative estimate of drug-likeness (QED) is 0.721. The van der Waals surface area contributed by atoms with E-state index in [2.05, 4.69) is 10.2 Å². The van der Waals surface area contributed by atoms with Gasteiger partial charge in [-0.15, -0.1) is 0 Å². The molecule has 126 valence electrons. The van der Waals surface area contributed by atoms with Crippen LogP contribution in [0.5, 0.6) is 0 Å². The number of carboxylic acids is 1. The van der Waals surface area contributed by atoms with E-state index in [9.17, 15) is 9.59 Å². The predicted octanol–water partition coefficient (Wildman–Crippen LogP) is 3.02. The number of para-hydroxylation sites is 1. The van der Waals surface area contributed by atoms with E-state index in [1.807, 2.05) is 31.2 Å². The largest absolute Gasteiger partial charge is 0.481 e. The van der Waals surface area contributed by atoms with E-state index in [1.165, 1.54) is 0 Å². The van der Waals surface area contributed by atoms with Gasteiger partial charge in [-0.25, -0.2) is 0 Å². The van der Waals surface area contributed by atoms with Crippen molar-refractivity contribution >= 4 is 17.4 Å². The van der Waals surface area contributed by atoms with Crippen LogP contribution in [0.3, 0.4) is 0 Å². The summed E-state index contributed by atoms with van der Waals surface area (Å²) in [6.45, 7) is 4.68. The molecule has 1 aromatic rings. The number of carbonyl (C=O) groups excluding carboxylic acids is 1. The van der Waals surface area contributed by atoms with E-state index >= 15 is 0 Å². The molecule has 1 aromatic carbocycles. The number of nitrogens with one attached hydrogen (secondary N) is 1. The Kier molecular flexibility index (Phi) is 6.59. The van der Waals surface area contributed by atoms with Gasteiger partial charge in [0.15, 0.2) is 5.78 Å². The van der Waals surface area contributed by atoms with Crippen LogP contribution in [0, 0.1) is 0 Å². The Hall–Kier alpha value is -1.88. The zero-order valence-electron chi connectivity index (χ0n) is 13.8. The highest BCUT2D eigenvalue weighted by atomic mass is 16.4. The van der Waals surface area contributed by atoms with Crippen molar-refractivity contribution in [3.8, 4) is 0 Å². The van der Waals surface area contributed by atoms with Crippen molar-refractivity contribution in [3.63, 3.8) is 0 Å². The number of hydrogen-bond donors (Lipinski definition) is 2. The maximum atomic E-state index is 12.0. The standard InChI is InChI=1S/C18H26N2O3/c1-2-17(21)15-6-3-4-7-16(15)19-14-9-12-20(13-10-14)11-5-8-18(22)23/h3-4,6-7,14,19H,2,5,8-13H2,1H3,(H,22,23). The number of anilines is 1. The highest BCUT2D eigenvalue weighted by Gasteiger charge is 2.20. The number of piperidine rings is 1. The van der Waals surface area contributed by atoms with Crippen LogP contribution in [-0.2, 0) is 4.79 Å². The summed E-state index contributed by atoms with van der Waals surface area (Å²) in [5.74, 6) is -0.557. The molecule has 0 atom stereocenters. The molecule has 0 amide bonds. The lowest BCUT2D eigenvalue weighted by molar-refractivity contribution is -0.137. The molecule has 0 spiro atoms. The first-order valence-corrected chi connectivity index (χ1v) is 8.43. The maximum absolute atomic E-state index is 12.0. The molecular weight excluding hydrogens is 292 g/mol. The second-order valence-corrected chi connectivity index (χ2v) is 6.08. The number of aliphatic carboxylic acids is 1. The van der Waals surface area contributed by atoms with Crippen molar-refractivity contribution in [2.24, 2.45) is 0 Å². The van der Waals surface area contributed by atoms with Crippen molar-refractivity contribution in [2.75, 3.05) is 25.0 Å². The summed E-state index contributed by atoms with van der Waals surface area (Å²) in [5, 5.41) is 12.2. The second kappa shape index (κ2) is 8.67. The third-order valence-electron chi connectivity index (χ3n) is 4.36. The highest BCUT2D eigenvalue weighted by molar-refractivity contribution is 6.01. The molecule has 1 aliphatic rings. The summed E-state index contributed by atoms with van der Waals surface area (Å²) < 4.78 is 0. The molecule has 5 nitrogen and oxygen atoms in total. The first-order chi connectivity index (χ1) is 11.1. The molecule has 0 aromatic heterocycles. The number of ketones is 1. The minimum atomic E-state index is -0.723. The van der Waals surface area contributed by atoms with Crippen LogP contribution >= 0.6 is 0 Å². The van der Waals surface area contributed by atoms with Crippen LogP contribution in [0.4, 0.5) is 5.69 Å². The smallest absolute Gasteiger partial charge is 0.303 e. The van der Waals surface area contributed by atoms with E-state index in [0.29, 0.717) is 18.9 Å². The maximum Gasteiger partial charge on any atom is 0.303 e. The molecule has 1 fully saturated rings. The fraction of sp³-hybridized carbons (Fsp3) is 0.556. The normalized spacial score (nSPS) is 16.2. The molecule has 1 saturated heterocycles. The number of nitrogens with zero attached hydrogens (tertiary/aromatic N) is 1. The molecule has 5 heteroatoms. The number of rotatable bonds is 8. The van der Waals surface area contributed by atoms with Gasteiger partial charge in [0.1, 0.15) is 0 Å². The molecule has 0 aliphatic carbocycles. The van der Waals surface area contributed by atoms with E-state index in [0.717, 1.165) is 43.7 Å². The molecule has 0 saturated carbocycles. The van der Waals surface area contributed by atoms with Gasteiger partial charge >= 0.3 is 5.97 Å². The van der Waals surface area contributed by atoms with Crippen LogP contribution in [0.25, 0.3) is 0 Å². The predicted molar refractivity (Wildman–Crippen MR) is 91.0 cm³/mol. The molecule has 0 radical (unpaired) electrons. The Morgan fingerprint density at radius 2 is 1.96 bits per heavy atom. The van der Waals surface area contributed by atoms with Crippen molar-refractivity contribution in [3.05, 3.63) is 29.8 Å². The van der Waals surface area contributed by atoms with E-state index in [1.54, 1.807) is 0 Å². The molecule has 1 heterocycles. The van der Waals surface area contributed by atoms with Gasteiger partial charge in [-0.2, -0.15) is 0 Å². The van der Waals surface area contributed by atoms with Gasteiger partial charge in [0.2, 0.25) is 0 Å². The van der Waals surface area contributed by atoms with Crippen LogP contribution in [0.2, 0.25) is 0 Å². The van der Waals surface area contributed by atoms with E-state index < -0.39 is 5.97 Å². The third-order valence-corrected chi connectivity index (χ3v) is 4.36. The number of hydrogen-bond acceptors (Lipinski definition) is 4. The van der Waals surface area contributed by atoms with Crippen molar-refractivity contribution in [1.29, 1.82) is 0 Å². The number of likely N-dealkylation sites (tertiary alicyclic amines) is 1. The molecule has 1 aliphatic heterocycles. The summed E-state index contributed by atoms with van der Waals surface area (Å²) in [6.07, 6.45) is 3.50. The lowest BCUT2D eigenvalue weighted by Crippen LogP contribution is -2.39. The molecule has 2 rings (SSSR count). The van der Waals surface area contributed by atoms with Gasteiger partial charge in [0.25, 0.3) is 0 Å². The van der Waals surface area contributed by atoms with Crippen LogP contribution in [0.15, 0.2) is 24.3 Å². The average Bonchev–Trinajstić information content (AvgIpc) is 2.56. The average molecular weight is 318 g/mol. The number of benzene rings is 1. The van der Waals surface area contributed by atoms with Gasteiger partial charge < -0.3 is 15.3 Å². The lowest BCUT2D eigenvalue weighted by Gasteiger charge is -2.33. The van der Waals surface area contributed by atoms with E-state index in [4.69, 9.17) is 5.11 Å². The Bertz CT molecular complexity index is 537. The molecule has 0 bridgehead atoms. The Balaban J connectivity index is 1.83. The topological polar surface area (TPSA) is 69.6 Å². The van der Waals surface area contributed by atoms with Crippen LogP contribution in [-0.4, -0.2) is 47.4 Å². The van der Waals surface area contributed by atoms with Crippen LogP contribution < -0.4 is 5.32 Å². The fourth-order valence-electron chi connectivity index (χ4n) is 3.02. The van der Waals surface area contributed by atoms with E-state index in [-0.39, 0.29) is 12.2 Å². The van der Waals surface area contributed by atoms with Gasteiger partial charge in [-0.05, 0) is 37.9 Å². The minimum absolute atomic E-state index is 0.166. The summed E-state index contributed by atoms with van der Waals surface area (Å²) in [4.78, 5) is 24.9.